The number of nitrogens with zero attached hydrogens (tertiary/aromatic N) is 3. The molecule has 27 heavy (non-hydrogen) atoms. The molecule has 1 aromatic carbocycles. The maximum atomic E-state index is 12.7. The van der Waals surface area contributed by atoms with E-state index in [1.165, 1.54) is 13.5 Å². The lowest BCUT2D eigenvalue weighted by Gasteiger charge is -2.26. The molecule has 0 N–H and O–H groups in total. The normalized spacial score (nSPS) is 16.2. The van der Waals surface area contributed by atoms with Gasteiger partial charge in [-0.15, -0.1) is 0 Å². The number of esters is 1. The van der Waals surface area contributed by atoms with Crippen molar-refractivity contribution in [3.63, 3.8) is 0 Å². The quantitative estimate of drug-likeness (QED) is 0.782. The van der Waals surface area contributed by atoms with Crippen LogP contribution in [0.3, 0.4) is 0 Å². The molecule has 0 aliphatic carbocycles. The van der Waals surface area contributed by atoms with Crippen molar-refractivity contribution in [2.75, 3.05) is 31.6 Å². The van der Waals surface area contributed by atoms with E-state index in [2.05, 4.69) is 9.88 Å². The number of piperidine rings is 1. The van der Waals surface area contributed by atoms with Crippen molar-refractivity contribution in [1.82, 2.24) is 9.88 Å². The van der Waals surface area contributed by atoms with Crippen LogP contribution in [-0.4, -0.2) is 48.5 Å². The Bertz CT molecular complexity index is 857. The van der Waals surface area contributed by atoms with E-state index in [4.69, 9.17) is 4.74 Å². The number of rotatable bonds is 3. The topological polar surface area (TPSA) is 62.7 Å². The fourth-order valence-corrected chi connectivity index (χ4v) is 3.81. The minimum atomic E-state index is -0.345. The smallest absolute Gasteiger partial charge is 0.337 e. The first-order valence-corrected chi connectivity index (χ1v) is 9.41. The minimum absolute atomic E-state index is 0.0888. The number of aromatic nitrogens is 1. The van der Waals surface area contributed by atoms with Crippen molar-refractivity contribution in [1.29, 1.82) is 0 Å². The molecule has 6 heteroatoms. The highest BCUT2D eigenvalue weighted by atomic mass is 16.5. The van der Waals surface area contributed by atoms with Crippen LogP contribution in [0.4, 0.5) is 11.5 Å². The lowest BCUT2D eigenvalue weighted by atomic mass is 10.1. The fraction of sp³-hybridized carbons (Fsp3) is 0.381. The van der Waals surface area contributed by atoms with Gasteiger partial charge in [-0.05, 0) is 61.6 Å². The summed E-state index contributed by atoms with van der Waals surface area (Å²) in [5.74, 6) is 0.629. The van der Waals surface area contributed by atoms with Crippen LogP contribution >= 0.6 is 0 Å². The SMILES string of the molecule is COC(=O)c1ccc(N2CCc3cc(C(=O)N4CCCCC4)cnc32)cc1. The van der Waals surface area contributed by atoms with Gasteiger partial charge in [-0.25, -0.2) is 9.78 Å². The Kier molecular flexibility index (Phi) is 4.79. The number of carbonyl (C=O) groups excluding carboxylic acids is 2. The van der Waals surface area contributed by atoms with Crippen LogP contribution in [0.15, 0.2) is 36.5 Å². The zero-order valence-electron chi connectivity index (χ0n) is 15.5. The first-order chi connectivity index (χ1) is 13.2. The molecule has 0 unspecified atom stereocenters. The average molecular weight is 365 g/mol. The second kappa shape index (κ2) is 7.39. The van der Waals surface area contributed by atoms with Gasteiger partial charge in [0.15, 0.2) is 0 Å². The summed E-state index contributed by atoms with van der Waals surface area (Å²) in [6, 6.07) is 9.30. The predicted molar refractivity (Wildman–Crippen MR) is 102 cm³/mol. The Morgan fingerprint density at radius 1 is 1.00 bits per heavy atom. The van der Waals surface area contributed by atoms with Gasteiger partial charge >= 0.3 is 5.97 Å². The van der Waals surface area contributed by atoms with Gasteiger partial charge in [-0.1, -0.05) is 0 Å². The lowest BCUT2D eigenvalue weighted by molar-refractivity contribution is 0.0600. The summed E-state index contributed by atoms with van der Waals surface area (Å²) in [6.07, 6.45) is 5.91. The van der Waals surface area contributed by atoms with Gasteiger partial charge in [-0.2, -0.15) is 0 Å². The van der Waals surface area contributed by atoms with Crippen LogP contribution in [0.1, 0.15) is 45.5 Å². The summed E-state index contributed by atoms with van der Waals surface area (Å²) in [5, 5.41) is 0. The van der Waals surface area contributed by atoms with Gasteiger partial charge in [0.1, 0.15) is 5.82 Å². The third kappa shape index (κ3) is 3.39. The van der Waals surface area contributed by atoms with Crippen molar-refractivity contribution in [3.05, 3.63) is 53.2 Å². The molecule has 1 aromatic heterocycles. The Balaban J connectivity index is 1.54. The molecule has 1 fully saturated rings. The van der Waals surface area contributed by atoms with Gasteiger partial charge in [-0.3, -0.25) is 4.79 Å². The molecule has 0 atom stereocenters. The van der Waals surface area contributed by atoms with Crippen LogP contribution < -0.4 is 4.90 Å². The molecule has 1 saturated heterocycles. The van der Waals surface area contributed by atoms with E-state index in [1.54, 1.807) is 18.3 Å². The molecule has 0 saturated carbocycles. The number of anilines is 2. The number of likely N-dealkylation sites (tertiary alicyclic amines) is 1. The summed E-state index contributed by atoms with van der Waals surface area (Å²) in [7, 11) is 1.37. The molecule has 6 nitrogen and oxygen atoms in total. The zero-order chi connectivity index (χ0) is 18.8. The maximum Gasteiger partial charge on any atom is 0.337 e. The van der Waals surface area contributed by atoms with Crippen molar-refractivity contribution in [2.45, 2.75) is 25.7 Å². The summed E-state index contributed by atoms with van der Waals surface area (Å²) < 4.78 is 4.74. The van der Waals surface area contributed by atoms with E-state index < -0.39 is 0 Å². The van der Waals surface area contributed by atoms with Gasteiger partial charge in [0.05, 0.1) is 18.2 Å². The van der Waals surface area contributed by atoms with Crippen LogP contribution in [0.2, 0.25) is 0 Å². The Hall–Kier alpha value is -2.89. The van der Waals surface area contributed by atoms with Gasteiger partial charge in [0, 0.05) is 31.5 Å². The van der Waals surface area contributed by atoms with Crippen LogP contribution in [0.25, 0.3) is 0 Å². The molecule has 2 aromatic rings. The number of ether oxygens (including phenoxy) is 1. The third-order valence-corrected chi connectivity index (χ3v) is 5.29. The molecule has 140 valence electrons. The zero-order valence-corrected chi connectivity index (χ0v) is 15.5. The molecule has 3 heterocycles. The Morgan fingerprint density at radius 3 is 2.44 bits per heavy atom. The second-order valence-electron chi connectivity index (χ2n) is 7.00. The Morgan fingerprint density at radius 2 is 1.74 bits per heavy atom. The number of carbonyl (C=O) groups is 2. The van der Waals surface area contributed by atoms with Crippen molar-refractivity contribution < 1.29 is 14.3 Å². The number of methoxy groups -OCH3 is 1. The first-order valence-electron chi connectivity index (χ1n) is 9.41. The van der Waals surface area contributed by atoms with Crippen molar-refractivity contribution in [3.8, 4) is 0 Å². The molecule has 4 rings (SSSR count). The number of hydrogen-bond acceptors (Lipinski definition) is 5. The number of amides is 1. The largest absolute Gasteiger partial charge is 0.465 e. The maximum absolute atomic E-state index is 12.7. The van der Waals surface area contributed by atoms with Crippen molar-refractivity contribution >= 4 is 23.4 Å². The summed E-state index contributed by atoms with van der Waals surface area (Å²) in [5.41, 5.74) is 3.27. The Labute approximate surface area is 158 Å². The van der Waals surface area contributed by atoms with Crippen molar-refractivity contribution in [2.24, 2.45) is 0 Å². The molecule has 1 amide bonds. The summed E-state index contributed by atoms with van der Waals surface area (Å²) in [6.45, 7) is 2.49. The first kappa shape index (κ1) is 17.5. The molecule has 0 bridgehead atoms. The molecule has 2 aliphatic heterocycles. The fourth-order valence-electron chi connectivity index (χ4n) is 3.81. The highest BCUT2D eigenvalue weighted by Gasteiger charge is 2.25. The molecular formula is C21H23N3O3. The van der Waals surface area contributed by atoms with E-state index in [1.807, 2.05) is 23.1 Å². The van der Waals surface area contributed by atoms with Crippen LogP contribution in [-0.2, 0) is 11.2 Å². The number of fused-ring (bicyclic) bond motifs is 1. The van der Waals surface area contributed by atoms with E-state index in [-0.39, 0.29) is 11.9 Å². The van der Waals surface area contributed by atoms with E-state index in [0.717, 1.165) is 56.0 Å². The molecular weight excluding hydrogens is 342 g/mol. The molecule has 2 aliphatic rings. The standard InChI is InChI=1S/C21H23N3O3/c1-27-21(26)15-5-7-18(8-6-15)24-12-9-16-13-17(14-22-19(16)24)20(25)23-10-3-2-4-11-23/h5-8,13-14H,2-4,9-12H2,1H3. The van der Waals surface area contributed by atoms with Crippen LogP contribution in [0, 0.1) is 0 Å². The minimum Gasteiger partial charge on any atom is -0.465 e. The predicted octanol–water partition coefficient (Wildman–Crippen LogP) is 3.19. The third-order valence-electron chi connectivity index (χ3n) is 5.29. The van der Waals surface area contributed by atoms with Gasteiger partial charge < -0.3 is 14.5 Å². The summed E-state index contributed by atoms with van der Waals surface area (Å²) >= 11 is 0. The number of pyridine rings is 1. The van der Waals surface area contributed by atoms with Gasteiger partial charge in [0.25, 0.3) is 5.91 Å². The highest BCUT2D eigenvalue weighted by Crippen LogP contribution is 2.33. The number of hydrogen-bond donors (Lipinski definition) is 0. The van der Waals surface area contributed by atoms with Gasteiger partial charge in [0.2, 0.25) is 0 Å². The lowest BCUT2D eigenvalue weighted by Crippen LogP contribution is -2.35. The number of benzene rings is 1. The molecule has 0 spiro atoms. The van der Waals surface area contributed by atoms with E-state index >= 15 is 0 Å². The summed E-state index contributed by atoms with van der Waals surface area (Å²) in [4.78, 5) is 32.9. The van der Waals surface area contributed by atoms with E-state index in [9.17, 15) is 9.59 Å². The monoisotopic (exact) mass is 365 g/mol. The second-order valence-corrected chi connectivity index (χ2v) is 7.00. The highest BCUT2D eigenvalue weighted by molar-refractivity contribution is 5.95. The molecule has 0 radical (unpaired) electrons. The average Bonchev–Trinajstić information content (AvgIpc) is 3.16. The van der Waals surface area contributed by atoms with E-state index in [0.29, 0.717) is 11.1 Å². The van der Waals surface area contributed by atoms with Crippen LogP contribution in [0.5, 0.6) is 0 Å².